The summed E-state index contributed by atoms with van der Waals surface area (Å²) < 4.78 is 12.8. The zero-order chi connectivity index (χ0) is 6.85. The lowest BCUT2D eigenvalue weighted by atomic mass is 10.4. The lowest BCUT2D eigenvalue weighted by molar-refractivity contribution is 0.629. The van der Waals surface area contributed by atoms with E-state index in [-0.39, 0.29) is 5.69 Å². The largest absolute Gasteiger partial charge is 0.395 e. The van der Waals surface area contributed by atoms with E-state index in [1.807, 2.05) is 0 Å². The lowest BCUT2D eigenvalue weighted by Crippen LogP contribution is -1.90. The number of nitrogens with zero attached hydrogens (tertiary/aromatic N) is 1. The number of nitrogen functional groups attached to an aromatic ring is 1. The quantitative estimate of drug-likeness (QED) is 0.632. The van der Waals surface area contributed by atoms with Gasteiger partial charge in [0.15, 0.2) is 0 Å². The Morgan fingerprint density at radius 3 is 2.78 bits per heavy atom. The van der Waals surface area contributed by atoms with Gasteiger partial charge in [0.05, 0.1) is 11.9 Å². The Bertz CT molecular complexity index is 226. The van der Waals surface area contributed by atoms with Gasteiger partial charge in [-0.25, -0.2) is 9.37 Å². The molecule has 0 aliphatic heterocycles. The van der Waals surface area contributed by atoms with Crippen LogP contribution in [-0.4, -0.2) is 4.98 Å². The summed E-state index contributed by atoms with van der Waals surface area (Å²) in [5.74, 6) is -0.447. The van der Waals surface area contributed by atoms with Gasteiger partial charge in [-0.1, -0.05) is 0 Å². The Morgan fingerprint density at radius 1 is 1.67 bits per heavy atom. The summed E-state index contributed by atoms with van der Waals surface area (Å²) in [6.07, 6.45) is 1.26. The second-order valence-electron chi connectivity index (χ2n) is 1.53. The zero-order valence-electron chi connectivity index (χ0n) is 4.44. The van der Waals surface area contributed by atoms with E-state index in [1.54, 1.807) is 0 Å². The molecule has 2 nitrogen and oxygen atoms in total. The molecule has 0 atom stereocenters. The molecule has 0 bridgehead atoms. The van der Waals surface area contributed by atoms with Crippen molar-refractivity contribution >= 4 is 21.6 Å². The zero-order valence-corrected chi connectivity index (χ0v) is 6.02. The minimum atomic E-state index is -0.447. The Morgan fingerprint density at radius 2 is 2.33 bits per heavy atom. The highest BCUT2D eigenvalue weighted by Crippen LogP contribution is 2.12. The van der Waals surface area contributed by atoms with Crippen LogP contribution in [-0.2, 0) is 0 Å². The Labute approximate surface area is 60.0 Å². The summed E-state index contributed by atoms with van der Waals surface area (Å²) >= 11 is 2.99. The number of nitrogens with two attached hydrogens (primary N) is 1. The van der Waals surface area contributed by atoms with Gasteiger partial charge in [-0.15, -0.1) is 0 Å². The molecule has 1 heterocycles. The summed E-state index contributed by atoms with van der Waals surface area (Å²) in [4.78, 5) is 3.69. The first kappa shape index (κ1) is 6.48. The van der Waals surface area contributed by atoms with Crippen LogP contribution in [0.4, 0.5) is 10.1 Å². The molecule has 1 rings (SSSR count). The third-order valence-electron chi connectivity index (χ3n) is 0.849. The fourth-order valence-corrected chi connectivity index (χ4v) is 0.721. The summed E-state index contributed by atoms with van der Waals surface area (Å²) in [5.41, 5.74) is 5.20. The van der Waals surface area contributed by atoms with Crippen molar-refractivity contribution in [2.24, 2.45) is 0 Å². The van der Waals surface area contributed by atoms with E-state index in [4.69, 9.17) is 5.73 Å². The number of hydrogen-bond donors (Lipinski definition) is 1. The van der Waals surface area contributed by atoms with Gasteiger partial charge in [0, 0.05) is 6.07 Å². The van der Waals surface area contributed by atoms with Crippen LogP contribution in [0, 0.1) is 5.82 Å². The SMILES string of the molecule is Nc1cnc(Br)cc1F. The van der Waals surface area contributed by atoms with E-state index >= 15 is 0 Å². The molecule has 9 heavy (non-hydrogen) atoms. The summed E-state index contributed by atoms with van der Waals surface area (Å²) in [7, 11) is 0. The van der Waals surface area contributed by atoms with E-state index < -0.39 is 5.82 Å². The fourth-order valence-electron chi connectivity index (χ4n) is 0.418. The predicted octanol–water partition coefficient (Wildman–Crippen LogP) is 1.57. The monoisotopic (exact) mass is 190 g/mol. The van der Waals surface area contributed by atoms with E-state index in [2.05, 4.69) is 20.9 Å². The number of halogens is 2. The number of aromatic nitrogens is 1. The van der Waals surface area contributed by atoms with Gasteiger partial charge in [0.1, 0.15) is 10.4 Å². The number of anilines is 1. The molecule has 0 saturated carbocycles. The van der Waals surface area contributed by atoms with Crippen LogP contribution in [0.3, 0.4) is 0 Å². The van der Waals surface area contributed by atoms with E-state index in [0.717, 1.165) is 0 Å². The number of pyridine rings is 1. The highest BCUT2D eigenvalue weighted by molar-refractivity contribution is 9.10. The summed E-state index contributed by atoms with van der Waals surface area (Å²) in [5, 5.41) is 0. The standard InChI is InChI=1S/C5H4BrFN2/c6-5-1-3(7)4(8)2-9-5/h1-2H,8H2. The second-order valence-corrected chi connectivity index (χ2v) is 2.34. The Balaban J connectivity index is 3.17. The van der Waals surface area contributed by atoms with Gasteiger partial charge in [0.25, 0.3) is 0 Å². The first-order chi connectivity index (χ1) is 4.20. The predicted molar refractivity (Wildman–Crippen MR) is 36.3 cm³/mol. The highest BCUT2D eigenvalue weighted by Gasteiger charge is 1.96. The molecule has 0 amide bonds. The van der Waals surface area contributed by atoms with Crippen LogP contribution in [0.25, 0.3) is 0 Å². The van der Waals surface area contributed by atoms with Crippen LogP contribution in [0.5, 0.6) is 0 Å². The first-order valence-corrected chi connectivity index (χ1v) is 3.06. The van der Waals surface area contributed by atoms with Crippen molar-refractivity contribution < 1.29 is 4.39 Å². The smallest absolute Gasteiger partial charge is 0.150 e. The average molecular weight is 191 g/mol. The molecular formula is C5H4BrFN2. The molecule has 1 aromatic rings. The fraction of sp³-hybridized carbons (Fsp3) is 0. The molecule has 0 unspecified atom stereocenters. The van der Waals surface area contributed by atoms with Crippen LogP contribution >= 0.6 is 15.9 Å². The van der Waals surface area contributed by atoms with Crippen LogP contribution in [0.1, 0.15) is 0 Å². The number of rotatable bonds is 0. The van der Waals surface area contributed by atoms with Crippen LogP contribution < -0.4 is 5.73 Å². The van der Waals surface area contributed by atoms with Crippen molar-refractivity contribution in [3.63, 3.8) is 0 Å². The number of hydrogen-bond acceptors (Lipinski definition) is 2. The van der Waals surface area contributed by atoms with E-state index in [1.165, 1.54) is 12.3 Å². The molecule has 2 N–H and O–H groups in total. The lowest BCUT2D eigenvalue weighted by Gasteiger charge is -1.92. The average Bonchev–Trinajstić information content (AvgIpc) is 1.80. The molecule has 0 saturated heterocycles. The molecule has 1 aromatic heterocycles. The topological polar surface area (TPSA) is 38.9 Å². The van der Waals surface area contributed by atoms with Crippen molar-refractivity contribution in [1.82, 2.24) is 4.98 Å². The van der Waals surface area contributed by atoms with Crippen molar-refractivity contribution in [2.45, 2.75) is 0 Å². The maximum absolute atomic E-state index is 12.4. The normalized spacial score (nSPS) is 9.56. The molecule has 48 valence electrons. The molecular weight excluding hydrogens is 187 g/mol. The van der Waals surface area contributed by atoms with E-state index in [0.29, 0.717) is 4.60 Å². The Kier molecular flexibility index (Phi) is 1.66. The van der Waals surface area contributed by atoms with Gasteiger partial charge in [0.2, 0.25) is 0 Å². The van der Waals surface area contributed by atoms with Gasteiger partial charge in [-0.3, -0.25) is 0 Å². The molecule has 0 aliphatic rings. The van der Waals surface area contributed by atoms with Crippen molar-refractivity contribution in [3.05, 3.63) is 22.7 Å². The minimum Gasteiger partial charge on any atom is -0.395 e. The molecule has 0 aliphatic carbocycles. The van der Waals surface area contributed by atoms with Gasteiger partial charge in [-0.05, 0) is 15.9 Å². The molecule has 0 aromatic carbocycles. The third-order valence-corrected chi connectivity index (χ3v) is 1.28. The second kappa shape index (κ2) is 2.31. The van der Waals surface area contributed by atoms with E-state index in [9.17, 15) is 4.39 Å². The molecule has 0 radical (unpaired) electrons. The van der Waals surface area contributed by atoms with Gasteiger partial charge in [-0.2, -0.15) is 0 Å². The van der Waals surface area contributed by atoms with Crippen LogP contribution in [0.15, 0.2) is 16.9 Å². The molecule has 0 fully saturated rings. The maximum Gasteiger partial charge on any atom is 0.150 e. The maximum atomic E-state index is 12.4. The van der Waals surface area contributed by atoms with Gasteiger partial charge >= 0.3 is 0 Å². The summed E-state index contributed by atoms with van der Waals surface area (Å²) in [6, 6.07) is 1.22. The minimum absolute atomic E-state index is 0.0678. The first-order valence-electron chi connectivity index (χ1n) is 2.26. The third kappa shape index (κ3) is 1.38. The molecule has 0 spiro atoms. The van der Waals surface area contributed by atoms with Gasteiger partial charge < -0.3 is 5.73 Å². The van der Waals surface area contributed by atoms with Crippen molar-refractivity contribution in [1.29, 1.82) is 0 Å². The molecule has 4 heteroatoms. The summed E-state index contributed by atoms with van der Waals surface area (Å²) in [6.45, 7) is 0. The van der Waals surface area contributed by atoms with Crippen LogP contribution in [0.2, 0.25) is 0 Å². The highest BCUT2D eigenvalue weighted by atomic mass is 79.9. The van der Waals surface area contributed by atoms with Crippen molar-refractivity contribution in [2.75, 3.05) is 5.73 Å². The van der Waals surface area contributed by atoms with Crippen molar-refractivity contribution in [3.8, 4) is 0 Å². The Hall–Kier alpha value is -0.640.